The first-order valence-electron chi connectivity index (χ1n) is 8.22. The molecule has 0 N–H and O–H groups in total. The molecule has 1 amide bonds. The highest BCUT2D eigenvalue weighted by atomic mass is 19.1. The first-order chi connectivity index (χ1) is 11.6. The van der Waals surface area contributed by atoms with Crippen molar-refractivity contribution in [2.24, 2.45) is 5.92 Å². The molecule has 24 heavy (non-hydrogen) atoms. The number of ether oxygens (including phenoxy) is 1. The fourth-order valence-electron chi connectivity index (χ4n) is 2.99. The highest BCUT2D eigenvalue weighted by Crippen LogP contribution is 2.23. The summed E-state index contributed by atoms with van der Waals surface area (Å²) in [6, 6.07) is 7.90. The smallest absolute Gasteiger partial charge is 0.255 e. The Kier molecular flexibility index (Phi) is 5.08. The fraction of sp³-hybridized carbons (Fsp3) is 0.368. The van der Waals surface area contributed by atoms with Gasteiger partial charge in [0.05, 0.1) is 12.2 Å². The Morgan fingerprint density at radius 2 is 2.12 bits per heavy atom. The van der Waals surface area contributed by atoms with Crippen molar-refractivity contribution in [2.45, 2.75) is 19.8 Å². The molecule has 1 aliphatic heterocycles. The Labute approximate surface area is 141 Å². The van der Waals surface area contributed by atoms with E-state index in [1.54, 1.807) is 24.5 Å². The van der Waals surface area contributed by atoms with Gasteiger partial charge in [-0.25, -0.2) is 4.39 Å². The van der Waals surface area contributed by atoms with E-state index in [0.717, 1.165) is 31.5 Å². The lowest BCUT2D eigenvalue weighted by Gasteiger charge is -2.17. The second kappa shape index (κ2) is 7.43. The number of aryl methyl sites for hydroxylation is 1. The maximum Gasteiger partial charge on any atom is 0.255 e. The average molecular weight is 328 g/mol. The minimum absolute atomic E-state index is 0.0579. The van der Waals surface area contributed by atoms with Gasteiger partial charge in [-0.1, -0.05) is 0 Å². The standard InChI is InChI=1S/C19H21FN2O2/c1-14-6-9-21-12-18(14)19(23)22-10-7-15(13-22)8-11-24-17-4-2-16(20)3-5-17/h2-6,9,12,15H,7-8,10-11,13H2,1H3. The predicted molar refractivity (Wildman–Crippen MR) is 89.5 cm³/mol. The molecule has 0 spiro atoms. The molecule has 1 aromatic carbocycles. The summed E-state index contributed by atoms with van der Waals surface area (Å²) in [5, 5.41) is 0. The summed E-state index contributed by atoms with van der Waals surface area (Å²) < 4.78 is 18.5. The van der Waals surface area contributed by atoms with Crippen molar-refractivity contribution < 1.29 is 13.9 Å². The van der Waals surface area contributed by atoms with E-state index in [0.29, 0.717) is 23.8 Å². The summed E-state index contributed by atoms with van der Waals surface area (Å²) in [7, 11) is 0. The zero-order valence-corrected chi connectivity index (χ0v) is 13.7. The largest absolute Gasteiger partial charge is 0.494 e. The molecule has 2 heterocycles. The highest BCUT2D eigenvalue weighted by molar-refractivity contribution is 5.95. The molecule has 0 saturated carbocycles. The minimum atomic E-state index is -0.266. The van der Waals surface area contributed by atoms with Gasteiger partial charge in [0.15, 0.2) is 0 Å². The van der Waals surface area contributed by atoms with E-state index in [1.165, 1.54) is 12.1 Å². The van der Waals surface area contributed by atoms with Crippen LogP contribution in [0.2, 0.25) is 0 Å². The predicted octanol–water partition coefficient (Wildman–Crippen LogP) is 3.46. The second-order valence-corrected chi connectivity index (χ2v) is 6.19. The molecular weight excluding hydrogens is 307 g/mol. The summed E-state index contributed by atoms with van der Waals surface area (Å²) >= 11 is 0. The number of amides is 1. The van der Waals surface area contributed by atoms with Crippen molar-refractivity contribution in [3.8, 4) is 5.75 Å². The fourth-order valence-corrected chi connectivity index (χ4v) is 2.99. The minimum Gasteiger partial charge on any atom is -0.494 e. The molecule has 0 aliphatic carbocycles. The molecular formula is C19H21FN2O2. The number of carbonyl (C=O) groups is 1. The van der Waals surface area contributed by atoms with Gasteiger partial charge in [-0.2, -0.15) is 0 Å². The Morgan fingerprint density at radius 3 is 2.88 bits per heavy atom. The van der Waals surface area contributed by atoms with Gasteiger partial charge >= 0.3 is 0 Å². The number of benzene rings is 1. The van der Waals surface area contributed by atoms with Crippen LogP contribution in [0, 0.1) is 18.7 Å². The van der Waals surface area contributed by atoms with Gasteiger partial charge < -0.3 is 9.64 Å². The Bertz CT molecular complexity index is 703. The van der Waals surface area contributed by atoms with Crippen LogP contribution in [-0.4, -0.2) is 35.5 Å². The van der Waals surface area contributed by atoms with Crippen LogP contribution in [0.4, 0.5) is 4.39 Å². The van der Waals surface area contributed by atoms with Crippen molar-refractivity contribution >= 4 is 5.91 Å². The van der Waals surface area contributed by atoms with Gasteiger partial charge in [0, 0.05) is 25.5 Å². The van der Waals surface area contributed by atoms with Crippen LogP contribution >= 0.6 is 0 Å². The van der Waals surface area contributed by atoms with Crippen LogP contribution < -0.4 is 4.74 Å². The number of hydrogen-bond donors (Lipinski definition) is 0. The Hall–Kier alpha value is -2.43. The first kappa shape index (κ1) is 16.4. The van der Waals surface area contributed by atoms with Gasteiger partial charge in [-0.15, -0.1) is 0 Å². The van der Waals surface area contributed by atoms with Crippen molar-refractivity contribution in [3.05, 3.63) is 59.7 Å². The molecule has 1 aliphatic rings. The summed E-state index contributed by atoms with van der Waals surface area (Å²) in [5.74, 6) is 0.903. The Balaban J connectivity index is 1.48. The maximum atomic E-state index is 12.8. The number of rotatable bonds is 5. The topological polar surface area (TPSA) is 42.4 Å². The van der Waals surface area contributed by atoms with E-state index in [9.17, 15) is 9.18 Å². The zero-order valence-electron chi connectivity index (χ0n) is 13.7. The molecule has 1 atom stereocenters. The molecule has 4 nitrogen and oxygen atoms in total. The van der Waals surface area contributed by atoms with Gasteiger partial charge in [0.2, 0.25) is 0 Å². The summed E-state index contributed by atoms with van der Waals surface area (Å²) in [4.78, 5) is 18.5. The molecule has 1 fully saturated rings. The normalized spacial score (nSPS) is 17.1. The summed E-state index contributed by atoms with van der Waals surface area (Å²) in [6.07, 6.45) is 5.21. The average Bonchev–Trinajstić information content (AvgIpc) is 3.05. The van der Waals surface area contributed by atoms with Gasteiger partial charge in [-0.3, -0.25) is 9.78 Å². The number of hydrogen-bond acceptors (Lipinski definition) is 3. The number of aromatic nitrogens is 1. The lowest BCUT2D eigenvalue weighted by molar-refractivity contribution is 0.0784. The number of halogens is 1. The third-order valence-corrected chi connectivity index (χ3v) is 4.45. The quantitative estimate of drug-likeness (QED) is 0.844. The molecule has 2 aromatic rings. The summed E-state index contributed by atoms with van der Waals surface area (Å²) in [5.41, 5.74) is 1.64. The Morgan fingerprint density at radius 1 is 1.33 bits per heavy atom. The third kappa shape index (κ3) is 3.91. The van der Waals surface area contributed by atoms with Crippen molar-refractivity contribution in [1.29, 1.82) is 0 Å². The van der Waals surface area contributed by atoms with Crippen molar-refractivity contribution in [1.82, 2.24) is 9.88 Å². The SMILES string of the molecule is Cc1ccncc1C(=O)N1CCC(CCOc2ccc(F)cc2)C1. The highest BCUT2D eigenvalue weighted by Gasteiger charge is 2.27. The molecule has 126 valence electrons. The van der Waals surface area contributed by atoms with Crippen molar-refractivity contribution in [2.75, 3.05) is 19.7 Å². The first-order valence-corrected chi connectivity index (χ1v) is 8.22. The number of carbonyl (C=O) groups excluding carboxylic acids is 1. The monoisotopic (exact) mass is 328 g/mol. The lowest BCUT2D eigenvalue weighted by Crippen LogP contribution is -2.29. The number of nitrogens with zero attached hydrogens (tertiary/aromatic N) is 2. The summed E-state index contributed by atoms with van der Waals surface area (Å²) in [6.45, 7) is 4.03. The zero-order chi connectivity index (χ0) is 16.9. The maximum absolute atomic E-state index is 12.8. The van der Waals surface area contributed by atoms with E-state index < -0.39 is 0 Å². The molecule has 0 bridgehead atoms. The second-order valence-electron chi connectivity index (χ2n) is 6.19. The van der Waals surface area contributed by atoms with Crippen molar-refractivity contribution in [3.63, 3.8) is 0 Å². The van der Waals surface area contributed by atoms with Crippen LogP contribution in [-0.2, 0) is 0 Å². The molecule has 1 saturated heterocycles. The van der Waals surface area contributed by atoms with E-state index in [-0.39, 0.29) is 11.7 Å². The number of pyridine rings is 1. The molecule has 5 heteroatoms. The van der Waals surface area contributed by atoms with Gasteiger partial charge in [0.1, 0.15) is 11.6 Å². The molecule has 1 aromatic heterocycles. The molecule has 0 radical (unpaired) electrons. The van der Waals surface area contributed by atoms with E-state index in [4.69, 9.17) is 4.74 Å². The van der Waals surface area contributed by atoms with Crippen LogP contribution in [0.3, 0.4) is 0 Å². The van der Waals surface area contributed by atoms with E-state index in [2.05, 4.69) is 4.98 Å². The van der Waals surface area contributed by atoms with Crippen LogP contribution in [0.5, 0.6) is 5.75 Å². The molecule has 1 unspecified atom stereocenters. The van der Waals surface area contributed by atoms with E-state index in [1.807, 2.05) is 17.9 Å². The van der Waals surface area contributed by atoms with Crippen LogP contribution in [0.1, 0.15) is 28.8 Å². The third-order valence-electron chi connectivity index (χ3n) is 4.45. The number of likely N-dealkylation sites (tertiary alicyclic amines) is 1. The lowest BCUT2D eigenvalue weighted by atomic mass is 10.1. The van der Waals surface area contributed by atoms with Crippen LogP contribution in [0.25, 0.3) is 0 Å². The van der Waals surface area contributed by atoms with E-state index >= 15 is 0 Å². The molecule has 3 rings (SSSR count). The van der Waals surface area contributed by atoms with Gasteiger partial charge in [0.25, 0.3) is 5.91 Å². The van der Waals surface area contributed by atoms with Gasteiger partial charge in [-0.05, 0) is 61.6 Å². The van der Waals surface area contributed by atoms with Crippen LogP contribution in [0.15, 0.2) is 42.7 Å².